The largest absolute Gasteiger partial charge is 0.368 e. The molecule has 0 spiro atoms. The molecule has 0 atom stereocenters. The highest BCUT2D eigenvalue weighted by molar-refractivity contribution is 7.73. The Morgan fingerprint density at radius 2 is 1.08 bits per heavy atom. The third-order valence-electron chi connectivity index (χ3n) is 0.687. The maximum Gasteiger partial charge on any atom is 0.299 e. The zero-order valence-corrected chi connectivity index (χ0v) is 7.10. The van der Waals surface area contributed by atoms with Crippen LogP contribution in [0.5, 0.6) is 0 Å². The van der Waals surface area contributed by atoms with Crippen molar-refractivity contribution in [3.05, 3.63) is 0 Å². The van der Waals surface area contributed by atoms with Gasteiger partial charge < -0.3 is 17.2 Å². The molecule has 0 radical (unpaired) electrons. The standard InChI is InChI=1S/C3H6N6.H2O3S/c4-1-7-2(5)9-3(6)8-1;1-4(2)3/h(H6,4,5,6,7,8,9);(H2,1,2,3). The van der Waals surface area contributed by atoms with Crippen molar-refractivity contribution in [1.29, 1.82) is 0 Å². The average Bonchev–Trinajstić information content (AvgIpc) is 1.80. The second kappa shape index (κ2) is 5.18. The number of hydrogen-bond acceptors (Lipinski definition) is 7. The first kappa shape index (κ1) is 11.5. The smallest absolute Gasteiger partial charge is 0.299 e. The Labute approximate surface area is 75.5 Å². The van der Waals surface area contributed by atoms with Gasteiger partial charge in [0.1, 0.15) is 0 Å². The van der Waals surface area contributed by atoms with E-state index in [1.807, 2.05) is 0 Å². The molecule has 0 saturated carbocycles. The summed E-state index contributed by atoms with van der Waals surface area (Å²) in [6.45, 7) is 0. The van der Waals surface area contributed by atoms with Crippen molar-refractivity contribution < 1.29 is 13.3 Å². The molecule has 0 unspecified atom stereocenters. The van der Waals surface area contributed by atoms with Crippen LogP contribution in [-0.4, -0.2) is 28.3 Å². The summed E-state index contributed by atoms with van der Waals surface area (Å²) >= 11 is -2.61. The Bertz CT molecular complexity index is 251. The number of nitrogen functional groups attached to an aromatic ring is 3. The maximum absolute atomic E-state index is 8.67. The fourth-order valence-corrected chi connectivity index (χ4v) is 0.427. The highest BCUT2D eigenvalue weighted by atomic mass is 32.2. The van der Waals surface area contributed by atoms with Crippen LogP contribution in [0.4, 0.5) is 17.8 Å². The van der Waals surface area contributed by atoms with Gasteiger partial charge in [0.05, 0.1) is 0 Å². The monoisotopic (exact) mass is 208 g/mol. The van der Waals surface area contributed by atoms with E-state index < -0.39 is 11.4 Å². The van der Waals surface area contributed by atoms with Crippen molar-refractivity contribution in [3.63, 3.8) is 0 Å². The molecule has 0 aliphatic carbocycles. The van der Waals surface area contributed by atoms with Crippen molar-refractivity contribution in [3.8, 4) is 0 Å². The number of rotatable bonds is 0. The van der Waals surface area contributed by atoms with Crippen LogP contribution in [0.3, 0.4) is 0 Å². The lowest BCUT2D eigenvalue weighted by atomic mass is 10.9. The molecule has 0 amide bonds. The zero-order chi connectivity index (χ0) is 10.4. The minimum Gasteiger partial charge on any atom is -0.368 e. The van der Waals surface area contributed by atoms with Gasteiger partial charge in [-0.1, -0.05) is 0 Å². The van der Waals surface area contributed by atoms with Crippen LogP contribution in [0.15, 0.2) is 0 Å². The lowest BCUT2D eigenvalue weighted by Crippen LogP contribution is -2.05. The molecule has 13 heavy (non-hydrogen) atoms. The van der Waals surface area contributed by atoms with Crippen LogP contribution < -0.4 is 17.2 Å². The Hall–Kier alpha value is -1.52. The minimum atomic E-state index is -2.61. The van der Waals surface area contributed by atoms with E-state index >= 15 is 0 Å². The van der Waals surface area contributed by atoms with Crippen molar-refractivity contribution in [1.82, 2.24) is 15.0 Å². The Morgan fingerprint density at radius 3 is 1.23 bits per heavy atom. The van der Waals surface area contributed by atoms with Crippen molar-refractivity contribution >= 4 is 29.2 Å². The predicted octanol–water partition coefficient (Wildman–Crippen LogP) is -1.70. The summed E-state index contributed by atoms with van der Waals surface area (Å²) in [5.74, 6) is 0.125. The van der Waals surface area contributed by atoms with E-state index in [1.165, 1.54) is 0 Å². The van der Waals surface area contributed by atoms with E-state index in [1.54, 1.807) is 0 Å². The van der Waals surface area contributed by atoms with E-state index in [9.17, 15) is 0 Å². The molecule has 10 heteroatoms. The fourth-order valence-electron chi connectivity index (χ4n) is 0.427. The van der Waals surface area contributed by atoms with Gasteiger partial charge in [-0.25, -0.2) is 0 Å². The molecule has 1 aromatic rings. The van der Waals surface area contributed by atoms with Crippen molar-refractivity contribution in [2.24, 2.45) is 0 Å². The molecule has 0 fully saturated rings. The molecule has 9 nitrogen and oxygen atoms in total. The summed E-state index contributed by atoms with van der Waals surface area (Å²) in [4.78, 5) is 10.5. The van der Waals surface area contributed by atoms with Gasteiger partial charge in [0.2, 0.25) is 17.8 Å². The number of anilines is 3. The first-order chi connectivity index (χ1) is 5.91. The summed E-state index contributed by atoms with van der Waals surface area (Å²) in [7, 11) is 0. The predicted molar refractivity (Wildman–Crippen MR) is 46.5 cm³/mol. The molecule has 74 valence electrons. The highest BCUT2D eigenvalue weighted by Crippen LogP contribution is 1.97. The SMILES string of the molecule is Nc1nc(N)nc(N)n1.O=S(O)O. The molecule has 1 heterocycles. The maximum atomic E-state index is 8.67. The second-order valence-electron chi connectivity index (χ2n) is 1.64. The highest BCUT2D eigenvalue weighted by Gasteiger charge is 1.93. The lowest BCUT2D eigenvalue weighted by Gasteiger charge is -1.93. The number of hydrogen-bond donors (Lipinski definition) is 5. The molecule has 0 aromatic carbocycles. The lowest BCUT2D eigenvalue weighted by molar-refractivity contribution is 0.454. The molecule has 0 saturated heterocycles. The number of nitrogens with two attached hydrogens (primary N) is 3. The number of nitrogens with zero attached hydrogens (tertiary/aromatic N) is 3. The van der Waals surface area contributed by atoms with E-state index in [0.717, 1.165) is 0 Å². The third kappa shape index (κ3) is 6.86. The van der Waals surface area contributed by atoms with Gasteiger partial charge in [-0.2, -0.15) is 19.2 Å². The first-order valence-corrected chi connectivity index (χ1v) is 3.80. The van der Waals surface area contributed by atoms with Gasteiger partial charge in [0.25, 0.3) is 11.4 Å². The van der Waals surface area contributed by atoms with Crippen molar-refractivity contribution in [2.45, 2.75) is 0 Å². The van der Waals surface area contributed by atoms with Crippen LogP contribution in [0.1, 0.15) is 0 Å². The topological polar surface area (TPSA) is 174 Å². The third-order valence-corrected chi connectivity index (χ3v) is 0.687. The van der Waals surface area contributed by atoms with Crippen LogP contribution >= 0.6 is 0 Å². The molecule has 0 aliphatic rings. The summed E-state index contributed by atoms with van der Waals surface area (Å²) < 4.78 is 22.8. The number of aromatic nitrogens is 3. The van der Waals surface area contributed by atoms with E-state index in [-0.39, 0.29) is 17.8 Å². The molecular weight excluding hydrogens is 200 g/mol. The molecule has 0 aliphatic heterocycles. The Kier molecular flexibility index (Phi) is 4.58. The average molecular weight is 208 g/mol. The normalized spacial score (nSPS) is 9.15. The van der Waals surface area contributed by atoms with E-state index in [4.69, 9.17) is 30.5 Å². The molecule has 1 rings (SSSR count). The van der Waals surface area contributed by atoms with E-state index in [2.05, 4.69) is 15.0 Å². The molecular formula is C3H8N6O3S. The van der Waals surface area contributed by atoms with Crippen LogP contribution in [0.2, 0.25) is 0 Å². The van der Waals surface area contributed by atoms with Crippen LogP contribution in [0, 0.1) is 0 Å². The second-order valence-corrected chi connectivity index (χ2v) is 2.10. The van der Waals surface area contributed by atoms with Gasteiger partial charge in [-0.3, -0.25) is 9.11 Å². The van der Waals surface area contributed by atoms with E-state index in [0.29, 0.717) is 0 Å². The molecule has 1 aromatic heterocycles. The van der Waals surface area contributed by atoms with Gasteiger partial charge in [0, 0.05) is 0 Å². The Morgan fingerprint density at radius 1 is 0.923 bits per heavy atom. The zero-order valence-electron chi connectivity index (χ0n) is 6.28. The molecule has 0 bridgehead atoms. The van der Waals surface area contributed by atoms with Crippen LogP contribution in [-0.2, 0) is 11.4 Å². The van der Waals surface area contributed by atoms with Gasteiger partial charge in [-0.15, -0.1) is 0 Å². The van der Waals surface area contributed by atoms with Crippen LogP contribution in [0.25, 0.3) is 0 Å². The van der Waals surface area contributed by atoms with Gasteiger partial charge >= 0.3 is 0 Å². The van der Waals surface area contributed by atoms with Gasteiger partial charge in [0.15, 0.2) is 0 Å². The summed E-state index contributed by atoms with van der Waals surface area (Å²) in [5, 5.41) is 0. The summed E-state index contributed by atoms with van der Waals surface area (Å²) in [6, 6.07) is 0. The van der Waals surface area contributed by atoms with Crippen molar-refractivity contribution in [2.75, 3.05) is 17.2 Å². The molecule has 8 N–H and O–H groups in total. The Balaban J connectivity index is 0.000000310. The fraction of sp³-hybridized carbons (Fsp3) is 0. The quantitative estimate of drug-likeness (QED) is 0.311. The summed E-state index contributed by atoms with van der Waals surface area (Å²) in [6.07, 6.45) is 0. The van der Waals surface area contributed by atoms with Gasteiger partial charge in [-0.05, 0) is 0 Å². The summed E-state index contributed by atoms with van der Waals surface area (Å²) in [5.41, 5.74) is 15.4. The first-order valence-electron chi connectivity index (χ1n) is 2.74. The minimum absolute atomic E-state index is 0.0417.